The molecule has 1 unspecified atom stereocenters. The second-order valence-corrected chi connectivity index (χ2v) is 6.08. The number of hydrogen-bond acceptors (Lipinski definition) is 4. The quantitative estimate of drug-likeness (QED) is 0.888. The van der Waals surface area contributed by atoms with E-state index in [2.05, 4.69) is 41.6 Å². The van der Waals surface area contributed by atoms with E-state index >= 15 is 0 Å². The van der Waals surface area contributed by atoms with Gasteiger partial charge in [-0.2, -0.15) is 0 Å². The lowest BCUT2D eigenvalue weighted by Gasteiger charge is -2.17. The standard InChI is InChI=1S/C15H21N3O/c1-10-18-13-5-4-11(6-14(13)19-10)8-16-12-7-15(2,3)17-9-12/h4-6,12,16-17H,7-9H2,1-3H3. The minimum Gasteiger partial charge on any atom is -0.441 e. The Kier molecular flexibility index (Phi) is 3.07. The molecule has 0 saturated carbocycles. The highest BCUT2D eigenvalue weighted by Crippen LogP contribution is 2.19. The first-order valence-electron chi connectivity index (χ1n) is 6.86. The van der Waals surface area contributed by atoms with Crippen molar-refractivity contribution in [1.82, 2.24) is 15.6 Å². The Bertz CT molecular complexity index is 588. The molecular formula is C15H21N3O. The molecule has 19 heavy (non-hydrogen) atoms. The molecule has 0 aliphatic carbocycles. The summed E-state index contributed by atoms with van der Waals surface area (Å²) < 4.78 is 5.56. The summed E-state index contributed by atoms with van der Waals surface area (Å²) in [6, 6.07) is 6.77. The Hall–Kier alpha value is -1.39. The molecule has 0 spiro atoms. The summed E-state index contributed by atoms with van der Waals surface area (Å²) in [5.41, 5.74) is 3.31. The van der Waals surface area contributed by atoms with Gasteiger partial charge in [0.1, 0.15) is 5.52 Å². The summed E-state index contributed by atoms with van der Waals surface area (Å²) in [5.74, 6) is 0.724. The minimum absolute atomic E-state index is 0.254. The van der Waals surface area contributed by atoms with Gasteiger partial charge in [0.05, 0.1) is 0 Å². The van der Waals surface area contributed by atoms with Crippen LogP contribution in [0.4, 0.5) is 0 Å². The lowest BCUT2D eigenvalue weighted by atomic mass is 10.0. The van der Waals surface area contributed by atoms with E-state index in [0.717, 1.165) is 36.5 Å². The summed E-state index contributed by atoms with van der Waals surface area (Å²) in [7, 11) is 0. The third-order valence-corrected chi connectivity index (χ3v) is 3.74. The van der Waals surface area contributed by atoms with Crippen molar-refractivity contribution < 1.29 is 4.42 Å². The van der Waals surface area contributed by atoms with Crippen molar-refractivity contribution in [3.05, 3.63) is 29.7 Å². The van der Waals surface area contributed by atoms with E-state index in [9.17, 15) is 0 Å². The zero-order chi connectivity index (χ0) is 13.5. The highest BCUT2D eigenvalue weighted by atomic mass is 16.3. The summed E-state index contributed by atoms with van der Waals surface area (Å²) in [5, 5.41) is 7.12. The molecule has 1 atom stereocenters. The van der Waals surface area contributed by atoms with Crippen molar-refractivity contribution in [2.24, 2.45) is 0 Å². The molecule has 1 aliphatic rings. The van der Waals surface area contributed by atoms with Gasteiger partial charge in [0.25, 0.3) is 0 Å². The molecule has 4 nitrogen and oxygen atoms in total. The first-order valence-corrected chi connectivity index (χ1v) is 6.86. The topological polar surface area (TPSA) is 50.1 Å². The highest BCUT2D eigenvalue weighted by molar-refractivity contribution is 5.73. The highest BCUT2D eigenvalue weighted by Gasteiger charge is 2.29. The van der Waals surface area contributed by atoms with E-state index in [1.165, 1.54) is 5.56 Å². The van der Waals surface area contributed by atoms with Crippen molar-refractivity contribution in [2.75, 3.05) is 6.54 Å². The monoisotopic (exact) mass is 259 g/mol. The molecule has 102 valence electrons. The maximum atomic E-state index is 5.56. The second-order valence-electron chi connectivity index (χ2n) is 6.08. The van der Waals surface area contributed by atoms with Crippen molar-refractivity contribution >= 4 is 11.1 Å². The van der Waals surface area contributed by atoms with Gasteiger partial charge in [-0.1, -0.05) is 6.07 Å². The van der Waals surface area contributed by atoms with Crippen LogP contribution < -0.4 is 10.6 Å². The summed E-state index contributed by atoms with van der Waals surface area (Å²) in [4.78, 5) is 4.31. The fraction of sp³-hybridized carbons (Fsp3) is 0.533. The number of aromatic nitrogens is 1. The van der Waals surface area contributed by atoms with E-state index in [4.69, 9.17) is 4.42 Å². The van der Waals surface area contributed by atoms with Gasteiger partial charge in [-0.25, -0.2) is 4.98 Å². The van der Waals surface area contributed by atoms with Crippen LogP contribution in [0.2, 0.25) is 0 Å². The number of fused-ring (bicyclic) bond motifs is 1. The van der Waals surface area contributed by atoms with Gasteiger partial charge in [0.2, 0.25) is 0 Å². The average Bonchev–Trinajstić information content (AvgIpc) is 2.87. The molecule has 0 bridgehead atoms. The van der Waals surface area contributed by atoms with E-state index in [1.807, 2.05) is 13.0 Å². The molecule has 1 saturated heterocycles. The van der Waals surface area contributed by atoms with Crippen LogP contribution in [0.3, 0.4) is 0 Å². The van der Waals surface area contributed by atoms with Crippen molar-refractivity contribution in [1.29, 1.82) is 0 Å². The number of nitrogens with zero attached hydrogens (tertiary/aromatic N) is 1. The van der Waals surface area contributed by atoms with Crippen LogP contribution in [0.15, 0.2) is 22.6 Å². The van der Waals surface area contributed by atoms with Gasteiger partial charge in [-0.15, -0.1) is 0 Å². The number of hydrogen-bond donors (Lipinski definition) is 2. The van der Waals surface area contributed by atoms with Gasteiger partial charge in [0.15, 0.2) is 11.5 Å². The Morgan fingerprint density at radius 1 is 1.47 bits per heavy atom. The second kappa shape index (κ2) is 4.62. The third-order valence-electron chi connectivity index (χ3n) is 3.74. The van der Waals surface area contributed by atoms with E-state index < -0.39 is 0 Å². The minimum atomic E-state index is 0.254. The van der Waals surface area contributed by atoms with Gasteiger partial charge in [-0.05, 0) is 38.0 Å². The lowest BCUT2D eigenvalue weighted by Crippen LogP contribution is -2.31. The van der Waals surface area contributed by atoms with Crippen molar-refractivity contribution in [3.63, 3.8) is 0 Å². The molecule has 1 fully saturated rings. The maximum Gasteiger partial charge on any atom is 0.192 e. The predicted molar refractivity (Wildman–Crippen MR) is 76.1 cm³/mol. The molecule has 0 amide bonds. The van der Waals surface area contributed by atoms with Crippen molar-refractivity contribution in [3.8, 4) is 0 Å². The normalized spacial score (nSPS) is 22.2. The molecule has 1 aliphatic heterocycles. The smallest absolute Gasteiger partial charge is 0.192 e. The maximum absolute atomic E-state index is 5.56. The fourth-order valence-electron chi connectivity index (χ4n) is 2.76. The summed E-state index contributed by atoms with van der Waals surface area (Å²) in [6.45, 7) is 8.29. The fourth-order valence-corrected chi connectivity index (χ4v) is 2.76. The number of oxazole rings is 1. The van der Waals surface area contributed by atoms with Crippen LogP contribution in [0, 0.1) is 6.92 Å². The van der Waals surface area contributed by atoms with Crippen LogP contribution in [-0.2, 0) is 6.54 Å². The van der Waals surface area contributed by atoms with Gasteiger partial charge in [-0.3, -0.25) is 0 Å². The van der Waals surface area contributed by atoms with E-state index in [-0.39, 0.29) is 5.54 Å². The van der Waals surface area contributed by atoms with Crippen molar-refractivity contribution in [2.45, 2.75) is 45.3 Å². The van der Waals surface area contributed by atoms with E-state index in [0.29, 0.717) is 6.04 Å². The molecule has 1 aromatic carbocycles. The van der Waals surface area contributed by atoms with Crippen LogP contribution in [0.5, 0.6) is 0 Å². The number of aryl methyl sites for hydroxylation is 1. The SMILES string of the molecule is Cc1nc2ccc(CNC3CNC(C)(C)C3)cc2o1. The lowest BCUT2D eigenvalue weighted by molar-refractivity contribution is 0.442. The third kappa shape index (κ3) is 2.80. The summed E-state index contributed by atoms with van der Waals surface area (Å²) in [6.07, 6.45) is 1.16. The van der Waals surface area contributed by atoms with Crippen LogP contribution >= 0.6 is 0 Å². The number of nitrogens with one attached hydrogen (secondary N) is 2. The Labute approximate surface area is 113 Å². The van der Waals surface area contributed by atoms with Crippen LogP contribution in [0.25, 0.3) is 11.1 Å². The molecule has 2 heterocycles. The largest absolute Gasteiger partial charge is 0.441 e. The zero-order valence-electron chi connectivity index (χ0n) is 11.8. The zero-order valence-corrected chi connectivity index (χ0v) is 11.8. The van der Waals surface area contributed by atoms with E-state index in [1.54, 1.807) is 0 Å². The van der Waals surface area contributed by atoms with Gasteiger partial charge >= 0.3 is 0 Å². The first kappa shape index (κ1) is 12.6. The first-order chi connectivity index (χ1) is 9.02. The number of benzene rings is 1. The van der Waals surface area contributed by atoms with Crippen LogP contribution in [0.1, 0.15) is 31.7 Å². The predicted octanol–water partition coefficient (Wildman–Crippen LogP) is 2.37. The average molecular weight is 259 g/mol. The molecule has 2 aromatic rings. The Balaban J connectivity index is 1.65. The molecule has 4 heteroatoms. The number of rotatable bonds is 3. The molecule has 3 rings (SSSR count). The Morgan fingerprint density at radius 3 is 3.05 bits per heavy atom. The van der Waals surface area contributed by atoms with Gasteiger partial charge < -0.3 is 15.1 Å². The molecular weight excluding hydrogens is 238 g/mol. The molecule has 2 N–H and O–H groups in total. The molecule has 0 radical (unpaired) electrons. The summed E-state index contributed by atoms with van der Waals surface area (Å²) >= 11 is 0. The van der Waals surface area contributed by atoms with Gasteiger partial charge in [0, 0.05) is 31.6 Å². The molecule has 1 aromatic heterocycles. The Morgan fingerprint density at radius 2 is 2.32 bits per heavy atom. The van der Waals surface area contributed by atoms with Crippen LogP contribution in [-0.4, -0.2) is 23.1 Å².